The van der Waals surface area contributed by atoms with Gasteiger partial charge in [0.05, 0.1) is 12.8 Å². The van der Waals surface area contributed by atoms with Crippen LogP contribution in [0.5, 0.6) is 5.75 Å². The van der Waals surface area contributed by atoms with Crippen molar-refractivity contribution in [1.29, 1.82) is 0 Å². The predicted octanol–water partition coefficient (Wildman–Crippen LogP) is 3.59. The molecule has 3 rings (SSSR count). The van der Waals surface area contributed by atoms with Gasteiger partial charge in [-0.3, -0.25) is 4.90 Å². The Morgan fingerprint density at radius 1 is 1.00 bits per heavy atom. The monoisotopic (exact) mass is 328 g/mol. The number of ether oxygens (including phenoxy) is 1. The number of hydrogen-bond donors (Lipinski definition) is 0. The SMILES string of the molecule is COc1ccccc1N1CCN(C(C)Cc2ccc(F)cc2)CC1. The van der Waals surface area contributed by atoms with Gasteiger partial charge in [-0.25, -0.2) is 4.39 Å². The molecule has 0 radical (unpaired) electrons. The zero-order chi connectivity index (χ0) is 16.9. The van der Waals surface area contributed by atoms with Crippen molar-refractivity contribution in [1.82, 2.24) is 4.90 Å². The molecule has 1 aliphatic heterocycles. The fourth-order valence-electron chi connectivity index (χ4n) is 3.39. The van der Waals surface area contributed by atoms with Gasteiger partial charge in [-0.15, -0.1) is 0 Å². The molecule has 1 atom stereocenters. The number of benzene rings is 2. The van der Waals surface area contributed by atoms with Crippen LogP contribution in [0.15, 0.2) is 48.5 Å². The van der Waals surface area contributed by atoms with Crippen molar-refractivity contribution in [3.63, 3.8) is 0 Å². The molecule has 0 bridgehead atoms. The fraction of sp³-hybridized carbons (Fsp3) is 0.400. The van der Waals surface area contributed by atoms with E-state index in [4.69, 9.17) is 4.74 Å². The lowest BCUT2D eigenvalue weighted by molar-refractivity contribution is 0.195. The number of anilines is 1. The van der Waals surface area contributed by atoms with Crippen LogP contribution in [0.25, 0.3) is 0 Å². The number of para-hydroxylation sites is 2. The summed E-state index contributed by atoms with van der Waals surface area (Å²) in [6, 6.07) is 15.5. The van der Waals surface area contributed by atoms with Crippen LogP contribution in [0, 0.1) is 5.82 Å². The van der Waals surface area contributed by atoms with Gasteiger partial charge in [0.15, 0.2) is 0 Å². The molecule has 2 aromatic rings. The highest BCUT2D eigenvalue weighted by atomic mass is 19.1. The number of methoxy groups -OCH3 is 1. The summed E-state index contributed by atoms with van der Waals surface area (Å²) >= 11 is 0. The normalized spacial score (nSPS) is 16.9. The summed E-state index contributed by atoms with van der Waals surface area (Å²) in [5.41, 5.74) is 2.36. The maximum atomic E-state index is 13.0. The molecule has 0 N–H and O–H groups in total. The smallest absolute Gasteiger partial charge is 0.142 e. The van der Waals surface area contributed by atoms with Gasteiger partial charge < -0.3 is 9.64 Å². The molecule has 0 aromatic heterocycles. The Morgan fingerprint density at radius 2 is 1.67 bits per heavy atom. The number of halogens is 1. The summed E-state index contributed by atoms with van der Waals surface area (Å²) in [5.74, 6) is 0.766. The van der Waals surface area contributed by atoms with E-state index in [1.807, 2.05) is 24.3 Å². The largest absolute Gasteiger partial charge is 0.495 e. The van der Waals surface area contributed by atoms with E-state index in [1.165, 1.54) is 11.3 Å². The molecule has 1 heterocycles. The Bertz CT molecular complexity index is 651. The molecule has 4 heteroatoms. The molecule has 24 heavy (non-hydrogen) atoms. The third-order valence-corrected chi connectivity index (χ3v) is 4.81. The maximum Gasteiger partial charge on any atom is 0.142 e. The lowest BCUT2D eigenvalue weighted by atomic mass is 10.0. The molecule has 2 aromatic carbocycles. The van der Waals surface area contributed by atoms with Crippen LogP contribution in [0.3, 0.4) is 0 Å². The van der Waals surface area contributed by atoms with Gasteiger partial charge in [0, 0.05) is 32.2 Å². The maximum absolute atomic E-state index is 13.0. The van der Waals surface area contributed by atoms with Crippen LogP contribution in [0.1, 0.15) is 12.5 Å². The molecule has 0 amide bonds. The van der Waals surface area contributed by atoms with E-state index in [0.717, 1.165) is 38.3 Å². The fourth-order valence-corrected chi connectivity index (χ4v) is 3.39. The van der Waals surface area contributed by atoms with E-state index in [1.54, 1.807) is 19.2 Å². The van der Waals surface area contributed by atoms with Crippen molar-refractivity contribution in [2.24, 2.45) is 0 Å². The highest BCUT2D eigenvalue weighted by Gasteiger charge is 2.22. The van der Waals surface area contributed by atoms with Gasteiger partial charge in [0.25, 0.3) is 0 Å². The first-order valence-corrected chi connectivity index (χ1v) is 8.54. The molecular weight excluding hydrogens is 303 g/mol. The summed E-state index contributed by atoms with van der Waals surface area (Å²) in [4.78, 5) is 4.90. The lowest BCUT2D eigenvalue weighted by Gasteiger charge is -2.39. The van der Waals surface area contributed by atoms with Crippen molar-refractivity contribution in [3.05, 3.63) is 59.9 Å². The molecular formula is C20H25FN2O. The van der Waals surface area contributed by atoms with Crippen molar-refractivity contribution in [3.8, 4) is 5.75 Å². The number of rotatable bonds is 5. The summed E-state index contributed by atoms with van der Waals surface area (Å²) in [6.45, 7) is 6.30. The summed E-state index contributed by atoms with van der Waals surface area (Å²) < 4.78 is 18.5. The van der Waals surface area contributed by atoms with Crippen LogP contribution < -0.4 is 9.64 Å². The minimum atomic E-state index is -0.170. The molecule has 0 aliphatic carbocycles. The molecule has 0 spiro atoms. The third-order valence-electron chi connectivity index (χ3n) is 4.81. The average molecular weight is 328 g/mol. The van der Waals surface area contributed by atoms with Crippen molar-refractivity contribution in [2.45, 2.75) is 19.4 Å². The minimum Gasteiger partial charge on any atom is -0.495 e. The van der Waals surface area contributed by atoms with Gasteiger partial charge in [0.1, 0.15) is 11.6 Å². The summed E-state index contributed by atoms with van der Waals surface area (Å²) in [6.07, 6.45) is 0.953. The van der Waals surface area contributed by atoms with Crippen molar-refractivity contribution in [2.75, 3.05) is 38.2 Å². The second-order valence-electron chi connectivity index (χ2n) is 6.37. The van der Waals surface area contributed by atoms with E-state index < -0.39 is 0 Å². The van der Waals surface area contributed by atoms with Gasteiger partial charge in [-0.2, -0.15) is 0 Å². The quantitative estimate of drug-likeness (QED) is 0.834. The molecule has 1 unspecified atom stereocenters. The highest BCUT2D eigenvalue weighted by molar-refractivity contribution is 5.58. The Balaban J connectivity index is 1.57. The van der Waals surface area contributed by atoms with Crippen LogP contribution in [-0.4, -0.2) is 44.2 Å². The topological polar surface area (TPSA) is 15.7 Å². The van der Waals surface area contributed by atoms with Crippen molar-refractivity contribution >= 4 is 5.69 Å². The van der Waals surface area contributed by atoms with Gasteiger partial charge in [-0.05, 0) is 43.2 Å². The first-order chi connectivity index (χ1) is 11.7. The second kappa shape index (κ2) is 7.67. The van der Waals surface area contributed by atoms with Crippen molar-refractivity contribution < 1.29 is 9.13 Å². The highest BCUT2D eigenvalue weighted by Crippen LogP contribution is 2.28. The van der Waals surface area contributed by atoms with E-state index in [9.17, 15) is 4.39 Å². The van der Waals surface area contributed by atoms with Crippen LogP contribution >= 0.6 is 0 Å². The van der Waals surface area contributed by atoms with Gasteiger partial charge in [0.2, 0.25) is 0 Å². The Labute approximate surface area is 143 Å². The molecule has 3 nitrogen and oxygen atoms in total. The first kappa shape index (κ1) is 16.8. The predicted molar refractivity (Wildman–Crippen MR) is 96.3 cm³/mol. The Kier molecular flexibility index (Phi) is 5.36. The second-order valence-corrected chi connectivity index (χ2v) is 6.37. The molecule has 1 saturated heterocycles. The number of nitrogens with zero attached hydrogens (tertiary/aromatic N) is 2. The van der Waals surface area contributed by atoms with Gasteiger partial charge in [-0.1, -0.05) is 24.3 Å². The van der Waals surface area contributed by atoms with E-state index in [2.05, 4.69) is 28.9 Å². The lowest BCUT2D eigenvalue weighted by Crippen LogP contribution is -2.50. The van der Waals surface area contributed by atoms with Crippen LogP contribution in [0.2, 0.25) is 0 Å². The summed E-state index contributed by atoms with van der Waals surface area (Å²) in [7, 11) is 1.72. The van der Waals surface area contributed by atoms with E-state index in [-0.39, 0.29) is 5.82 Å². The zero-order valence-corrected chi connectivity index (χ0v) is 14.4. The van der Waals surface area contributed by atoms with Gasteiger partial charge >= 0.3 is 0 Å². The molecule has 1 fully saturated rings. The molecule has 0 saturated carbocycles. The average Bonchev–Trinajstić information content (AvgIpc) is 2.63. The molecule has 128 valence electrons. The molecule has 1 aliphatic rings. The van der Waals surface area contributed by atoms with E-state index >= 15 is 0 Å². The van der Waals surface area contributed by atoms with Crippen LogP contribution in [-0.2, 0) is 6.42 Å². The number of piperazine rings is 1. The first-order valence-electron chi connectivity index (χ1n) is 8.54. The summed E-state index contributed by atoms with van der Waals surface area (Å²) in [5, 5.41) is 0. The third kappa shape index (κ3) is 3.88. The Morgan fingerprint density at radius 3 is 2.33 bits per heavy atom. The minimum absolute atomic E-state index is 0.170. The Hall–Kier alpha value is -2.07. The standard InChI is InChI=1S/C20H25FN2O/c1-16(15-17-7-9-18(21)10-8-17)22-11-13-23(14-12-22)19-5-3-4-6-20(19)24-2/h3-10,16H,11-15H2,1-2H3. The number of hydrogen-bond acceptors (Lipinski definition) is 3. The van der Waals surface area contributed by atoms with E-state index in [0.29, 0.717) is 6.04 Å². The van der Waals surface area contributed by atoms with Crippen LogP contribution in [0.4, 0.5) is 10.1 Å². The zero-order valence-electron chi connectivity index (χ0n) is 14.4.